The molecule has 2 aromatic rings. The molecule has 1 aliphatic carbocycles. The number of carboxylic acids is 1. The lowest BCUT2D eigenvalue weighted by Crippen LogP contribution is -2.65. The molecule has 1 atom stereocenters. The number of carboxylic acid groups (broad SMARTS) is 1. The lowest BCUT2D eigenvalue weighted by atomic mass is 9.76. The van der Waals surface area contributed by atoms with Gasteiger partial charge in [-0.3, -0.25) is 14.5 Å². The van der Waals surface area contributed by atoms with Crippen molar-refractivity contribution in [1.29, 1.82) is 0 Å². The van der Waals surface area contributed by atoms with Gasteiger partial charge >= 0.3 is 5.97 Å². The average Bonchev–Trinajstić information content (AvgIpc) is 3.51. The molecule has 8 nitrogen and oxygen atoms in total. The van der Waals surface area contributed by atoms with Crippen LogP contribution in [0.15, 0.2) is 29.2 Å². The Hall–Kier alpha value is -2.84. The molecule has 8 heteroatoms. The van der Waals surface area contributed by atoms with Gasteiger partial charge in [0, 0.05) is 43.0 Å². The van der Waals surface area contributed by atoms with Crippen molar-refractivity contribution in [3.63, 3.8) is 0 Å². The molecule has 1 unspecified atom stereocenters. The molecule has 3 heterocycles. The molecule has 0 spiro atoms. The number of nitrogens with zero attached hydrogens (tertiary/aromatic N) is 2. The second-order valence-electron chi connectivity index (χ2n) is 10.2. The van der Waals surface area contributed by atoms with Gasteiger partial charge in [0.1, 0.15) is 11.3 Å². The summed E-state index contributed by atoms with van der Waals surface area (Å²) in [7, 11) is 3.36. The molecular weight excluding hydrogens is 424 g/mol. The van der Waals surface area contributed by atoms with E-state index in [9.17, 15) is 14.7 Å². The molecule has 1 saturated heterocycles. The van der Waals surface area contributed by atoms with Gasteiger partial charge in [0.25, 0.3) is 0 Å². The number of hydrogen-bond donors (Lipinski definition) is 1. The standard InChI is InChI=1S/C25H30N2O6/c1-24(2)10-20-17-8-22(33-14-25(5-6-25)13-32-4)15(12-31-3)7-16(17)19-9-21(28)18(23(29)30)11-26(19)27(20)24/h7-9,11,20H,5-6,10,12-14H2,1-4H3,(H,29,30). The Kier molecular flexibility index (Phi) is 5.06. The molecule has 0 radical (unpaired) electrons. The highest BCUT2D eigenvalue weighted by molar-refractivity contribution is 5.88. The molecule has 33 heavy (non-hydrogen) atoms. The van der Waals surface area contributed by atoms with Crippen LogP contribution >= 0.6 is 0 Å². The van der Waals surface area contributed by atoms with E-state index in [2.05, 4.69) is 24.9 Å². The molecule has 1 N–H and O–H groups in total. The number of pyridine rings is 1. The molecule has 1 saturated carbocycles. The molecule has 0 bridgehead atoms. The Labute approximate surface area is 192 Å². The first kappa shape index (κ1) is 22.0. The fourth-order valence-electron chi connectivity index (χ4n) is 5.29. The topological polar surface area (TPSA) is 90.2 Å². The molecule has 3 aliphatic rings. The van der Waals surface area contributed by atoms with Crippen molar-refractivity contribution in [3.05, 3.63) is 51.3 Å². The van der Waals surface area contributed by atoms with Crippen molar-refractivity contribution in [3.8, 4) is 17.0 Å². The van der Waals surface area contributed by atoms with E-state index in [1.807, 2.05) is 10.7 Å². The highest BCUT2D eigenvalue weighted by atomic mass is 16.5. The van der Waals surface area contributed by atoms with Gasteiger partial charge < -0.3 is 19.3 Å². The highest BCUT2D eigenvalue weighted by Crippen LogP contribution is 2.52. The fourth-order valence-corrected chi connectivity index (χ4v) is 5.29. The first-order valence-corrected chi connectivity index (χ1v) is 11.3. The van der Waals surface area contributed by atoms with E-state index in [1.165, 1.54) is 12.3 Å². The van der Waals surface area contributed by atoms with Gasteiger partial charge in [-0.2, -0.15) is 0 Å². The Morgan fingerprint density at radius 3 is 2.52 bits per heavy atom. The molecule has 2 aliphatic heterocycles. The van der Waals surface area contributed by atoms with Crippen LogP contribution in [-0.4, -0.2) is 48.7 Å². The predicted octanol–water partition coefficient (Wildman–Crippen LogP) is 3.34. The summed E-state index contributed by atoms with van der Waals surface area (Å²) in [6, 6.07) is 5.61. The highest BCUT2D eigenvalue weighted by Gasteiger charge is 2.50. The number of aromatic carboxylic acids is 1. The molecule has 1 aromatic heterocycles. The summed E-state index contributed by atoms with van der Waals surface area (Å²) in [5.74, 6) is -0.426. The van der Waals surface area contributed by atoms with Crippen molar-refractivity contribution in [1.82, 2.24) is 4.68 Å². The van der Waals surface area contributed by atoms with Crippen LogP contribution in [0.4, 0.5) is 0 Å². The Balaban J connectivity index is 1.61. The fraction of sp³-hybridized carbons (Fsp3) is 0.520. The van der Waals surface area contributed by atoms with E-state index in [4.69, 9.17) is 14.2 Å². The second-order valence-corrected chi connectivity index (χ2v) is 10.2. The van der Waals surface area contributed by atoms with Gasteiger partial charge in [0.05, 0.1) is 37.1 Å². The Morgan fingerprint density at radius 2 is 1.91 bits per heavy atom. The maximum atomic E-state index is 12.6. The van der Waals surface area contributed by atoms with Crippen LogP contribution in [-0.2, 0) is 16.1 Å². The van der Waals surface area contributed by atoms with Crippen LogP contribution in [0, 0.1) is 5.41 Å². The van der Waals surface area contributed by atoms with Crippen LogP contribution in [0.1, 0.15) is 60.6 Å². The van der Waals surface area contributed by atoms with Gasteiger partial charge in [0.15, 0.2) is 5.43 Å². The number of fused-ring (bicyclic) bond motifs is 6. The zero-order valence-electron chi connectivity index (χ0n) is 19.5. The largest absolute Gasteiger partial charge is 0.493 e. The lowest BCUT2D eigenvalue weighted by Gasteiger charge is -2.60. The normalized spacial score (nSPS) is 20.8. The first-order chi connectivity index (χ1) is 15.7. The van der Waals surface area contributed by atoms with Crippen LogP contribution in [0.2, 0.25) is 0 Å². The smallest absolute Gasteiger partial charge is 0.341 e. The van der Waals surface area contributed by atoms with Crippen molar-refractivity contribution in [2.75, 3.05) is 32.4 Å². The van der Waals surface area contributed by atoms with E-state index < -0.39 is 11.4 Å². The third kappa shape index (κ3) is 3.52. The van der Waals surface area contributed by atoms with E-state index in [1.54, 1.807) is 14.2 Å². The molecule has 2 fully saturated rings. The lowest BCUT2D eigenvalue weighted by molar-refractivity contribution is 0.0693. The number of ether oxygens (including phenoxy) is 3. The maximum absolute atomic E-state index is 12.6. The molecule has 0 amide bonds. The van der Waals surface area contributed by atoms with Gasteiger partial charge in [-0.05, 0) is 50.8 Å². The van der Waals surface area contributed by atoms with Gasteiger partial charge in [0.2, 0.25) is 0 Å². The minimum absolute atomic E-state index is 0.0689. The monoisotopic (exact) mass is 454 g/mol. The third-order valence-electron chi connectivity index (χ3n) is 7.21. The minimum atomic E-state index is -1.22. The van der Waals surface area contributed by atoms with E-state index in [0.717, 1.165) is 41.7 Å². The third-order valence-corrected chi connectivity index (χ3v) is 7.21. The molecular formula is C25H30N2O6. The zero-order chi connectivity index (χ0) is 23.5. The Morgan fingerprint density at radius 1 is 1.15 bits per heavy atom. The quantitative estimate of drug-likeness (QED) is 0.654. The maximum Gasteiger partial charge on any atom is 0.341 e. The molecule has 1 aromatic carbocycles. The SMILES string of the molecule is COCc1cc2c(cc1OCC1(COC)CC1)C1CC(C)(C)N1n1cc(C(=O)O)c(=O)cc1-2. The summed E-state index contributed by atoms with van der Waals surface area (Å²) in [5.41, 5.74) is 2.77. The number of rotatable bonds is 8. The number of hydrogen-bond acceptors (Lipinski definition) is 6. The Bertz CT molecular complexity index is 1180. The first-order valence-electron chi connectivity index (χ1n) is 11.3. The summed E-state index contributed by atoms with van der Waals surface area (Å²) in [6.45, 7) is 5.89. The number of carbonyl (C=O) groups is 1. The van der Waals surface area contributed by atoms with E-state index in [0.29, 0.717) is 25.5 Å². The summed E-state index contributed by atoms with van der Waals surface area (Å²) in [4.78, 5) is 24.2. The van der Waals surface area contributed by atoms with Crippen LogP contribution in [0.5, 0.6) is 5.75 Å². The van der Waals surface area contributed by atoms with E-state index >= 15 is 0 Å². The van der Waals surface area contributed by atoms with Crippen molar-refractivity contribution >= 4 is 5.97 Å². The summed E-state index contributed by atoms with van der Waals surface area (Å²) in [5, 5.41) is 11.7. The molecule has 176 valence electrons. The molecule has 5 rings (SSSR count). The zero-order valence-corrected chi connectivity index (χ0v) is 19.5. The van der Waals surface area contributed by atoms with Gasteiger partial charge in [-0.15, -0.1) is 0 Å². The predicted molar refractivity (Wildman–Crippen MR) is 123 cm³/mol. The van der Waals surface area contributed by atoms with Crippen LogP contribution < -0.4 is 15.2 Å². The average molecular weight is 455 g/mol. The van der Waals surface area contributed by atoms with Gasteiger partial charge in [-0.1, -0.05) is 0 Å². The van der Waals surface area contributed by atoms with Crippen LogP contribution in [0.3, 0.4) is 0 Å². The number of benzene rings is 1. The van der Waals surface area contributed by atoms with Crippen molar-refractivity contribution in [2.45, 2.75) is 51.3 Å². The van der Waals surface area contributed by atoms with Crippen molar-refractivity contribution in [2.24, 2.45) is 5.41 Å². The number of aromatic nitrogens is 1. The second kappa shape index (κ2) is 7.60. The van der Waals surface area contributed by atoms with Crippen molar-refractivity contribution < 1.29 is 24.1 Å². The van der Waals surface area contributed by atoms with Crippen LogP contribution in [0.25, 0.3) is 11.3 Å². The summed E-state index contributed by atoms with van der Waals surface area (Å²) in [6.07, 6.45) is 4.56. The minimum Gasteiger partial charge on any atom is -0.493 e. The van der Waals surface area contributed by atoms with E-state index in [-0.39, 0.29) is 22.6 Å². The van der Waals surface area contributed by atoms with Gasteiger partial charge in [-0.25, -0.2) is 4.79 Å². The summed E-state index contributed by atoms with van der Waals surface area (Å²) >= 11 is 0. The summed E-state index contributed by atoms with van der Waals surface area (Å²) < 4.78 is 19.0. The number of methoxy groups -OCH3 is 2.